The highest BCUT2D eigenvalue weighted by Crippen LogP contribution is 2.17. The van der Waals surface area contributed by atoms with Crippen LogP contribution in [0, 0.1) is 0 Å². The molecule has 144 valence electrons. The molecule has 0 saturated heterocycles. The van der Waals surface area contributed by atoms with Gasteiger partial charge in [0.05, 0.1) is 11.4 Å². The van der Waals surface area contributed by atoms with Gasteiger partial charge in [0.25, 0.3) is 0 Å². The Kier molecular flexibility index (Phi) is 7.09. The minimum absolute atomic E-state index is 0.0520. The molecule has 0 spiro atoms. The number of amides is 2. The molecular formula is C19H23N3O4S. The molecule has 0 heterocycles. The minimum Gasteiger partial charge on any atom is -0.355 e. The number of carbonyl (C=O) groups is 2. The number of hydrogen-bond donors (Lipinski definition) is 2. The first kappa shape index (κ1) is 20.6. The van der Waals surface area contributed by atoms with Crippen LogP contribution in [-0.2, 0) is 26.0 Å². The van der Waals surface area contributed by atoms with E-state index < -0.39 is 10.0 Å². The Morgan fingerprint density at radius 3 is 2.22 bits per heavy atom. The van der Waals surface area contributed by atoms with Crippen LogP contribution >= 0.6 is 0 Å². The van der Waals surface area contributed by atoms with Gasteiger partial charge in [0.15, 0.2) is 0 Å². The molecule has 2 rings (SSSR count). The van der Waals surface area contributed by atoms with Gasteiger partial charge in [-0.3, -0.25) is 9.59 Å². The average Bonchev–Trinajstić information content (AvgIpc) is 2.62. The lowest BCUT2D eigenvalue weighted by molar-refractivity contribution is -0.121. The molecule has 2 N–H and O–H groups in total. The summed E-state index contributed by atoms with van der Waals surface area (Å²) in [6, 6.07) is 15.5. The first-order valence-corrected chi connectivity index (χ1v) is 9.87. The standard InChI is InChI=1S/C19H23N3O4S/c1-15(23)21-17-8-10-18(11-9-17)27(25,26)22(2)14-19(24)20-13-12-16-6-4-3-5-7-16/h3-11H,12-14H2,1-2H3,(H,20,24)(H,21,23). The van der Waals surface area contributed by atoms with Crippen molar-refractivity contribution in [2.45, 2.75) is 18.2 Å². The van der Waals surface area contributed by atoms with E-state index in [1.807, 2.05) is 30.3 Å². The molecule has 0 unspecified atom stereocenters. The first-order valence-electron chi connectivity index (χ1n) is 8.43. The SMILES string of the molecule is CC(=O)Nc1ccc(S(=O)(=O)N(C)CC(=O)NCCc2ccccc2)cc1. The summed E-state index contributed by atoms with van der Waals surface area (Å²) in [6.45, 7) is 1.53. The number of likely N-dealkylation sites (N-methyl/N-ethyl adjacent to an activating group) is 1. The van der Waals surface area contributed by atoms with Gasteiger partial charge >= 0.3 is 0 Å². The molecule has 0 aliphatic heterocycles. The van der Waals surface area contributed by atoms with Crippen LogP contribution in [0.3, 0.4) is 0 Å². The zero-order valence-electron chi connectivity index (χ0n) is 15.3. The highest BCUT2D eigenvalue weighted by molar-refractivity contribution is 7.89. The summed E-state index contributed by atoms with van der Waals surface area (Å²) < 4.78 is 26.1. The van der Waals surface area contributed by atoms with Crippen molar-refractivity contribution in [1.29, 1.82) is 0 Å². The van der Waals surface area contributed by atoms with Crippen molar-refractivity contribution in [3.8, 4) is 0 Å². The van der Waals surface area contributed by atoms with E-state index in [1.54, 1.807) is 0 Å². The molecule has 2 aromatic carbocycles. The third-order valence-corrected chi connectivity index (χ3v) is 5.65. The Balaban J connectivity index is 1.90. The molecule has 2 aromatic rings. The summed E-state index contributed by atoms with van der Waals surface area (Å²) in [5.74, 6) is -0.609. The van der Waals surface area contributed by atoms with Gasteiger partial charge < -0.3 is 10.6 Å². The Labute approximate surface area is 159 Å². The van der Waals surface area contributed by atoms with E-state index >= 15 is 0 Å². The second kappa shape index (κ2) is 9.29. The minimum atomic E-state index is -3.80. The molecule has 27 heavy (non-hydrogen) atoms. The first-order chi connectivity index (χ1) is 12.8. The molecule has 0 saturated carbocycles. The molecular weight excluding hydrogens is 366 g/mol. The maximum absolute atomic E-state index is 12.6. The monoisotopic (exact) mass is 389 g/mol. The predicted octanol–water partition coefficient (Wildman–Crippen LogP) is 1.62. The summed E-state index contributed by atoms with van der Waals surface area (Å²) in [5, 5.41) is 5.29. The van der Waals surface area contributed by atoms with Gasteiger partial charge in [-0.25, -0.2) is 8.42 Å². The fraction of sp³-hybridized carbons (Fsp3) is 0.263. The summed E-state index contributed by atoms with van der Waals surface area (Å²) in [4.78, 5) is 23.1. The maximum Gasteiger partial charge on any atom is 0.243 e. The van der Waals surface area contributed by atoms with Gasteiger partial charge in [-0.15, -0.1) is 0 Å². The van der Waals surface area contributed by atoms with E-state index in [2.05, 4.69) is 10.6 Å². The van der Waals surface area contributed by atoms with Crippen LogP contribution in [0.4, 0.5) is 5.69 Å². The molecule has 7 nitrogen and oxygen atoms in total. The highest BCUT2D eigenvalue weighted by Gasteiger charge is 2.22. The van der Waals surface area contributed by atoms with Crippen molar-refractivity contribution in [3.05, 3.63) is 60.2 Å². The maximum atomic E-state index is 12.6. The Bertz CT molecular complexity index is 881. The molecule has 8 heteroatoms. The summed E-state index contributed by atoms with van der Waals surface area (Å²) in [7, 11) is -2.44. The van der Waals surface area contributed by atoms with Crippen molar-refractivity contribution in [2.75, 3.05) is 25.5 Å². The predicted molar refractivity (Wildman–Crippen MR) is 104 cm³/mol. The van der Waals surface area contributed by atoms with E-state index in [1.165, 1.54) is 38.2 Å². The lowest BCUT2D eigenvalue weighted by atomic mass is 10.1. The number of nitrogens with one attached hydrogen (secondary N) is 2. The fourth-order valence-electron chi connectivity index (χ4n) is 2.43. The second-order valence-corrected chi connectivity index (χ2v) is 8.10. The zero-order chi connectivity index (χ0) is 19.9. The number of benzene rings is 2. The largest absolute Gasteiger partial charge is 0.355 e. The van der Waals surface area contributed by atoms with Crippen molar-refractivity contribution < 1.29 is 18.0 Å². The van der Waals surface area contributed by atoms with Gasteiger partial charge in [-0.1, -0.05) is 30.3 Å². The van der Waals surface area contributed by atoms with Crippen molar-refractivity contribution in [2.24, 2.45) is 0 Å². The molecule has 0 bridgehead atoms. The van der Waals surface area contributed by atoms with Crippen LogP contribution in [0.25, 0.3) is 0 Å². The Morgan fingerprint density at radius 2 is 1.63 bits per heavy atom. The third kappa shape index (κ3) is 6.19. The summed E-state index contributed by atoms with van der Waals surface area (Å²) in [5.41, 5.74) is 1.60. The van der Waals surface area contributed by atoms with Gasteiger partial charge in [0.1, 0.15) is 0 Å². The van der Waals surface area contributed by atoms with Crippen molar-refractivity contribution in [1.82, 2.24) is 9.62 Å². The summed E-state index contributed by atoms with van der Waals surface area (Å²) >= 11 is 0. The van der Waals surface area contributed by atoms with E-state index in [9.17, 15) is 18.0 Å². The molecule has 0 radical (unpaired) electrons. The molecule has 0 aromatic heterocycles. The lowest BCUT2D eigenvalue weighted by Crippen LogP contribution is -2.39. The number of sulfonamides is 1. The van der Waals surface area contributed by atoms with Crippen LogP contribution in [0.15, 0.2) is 59.5 Å². The van der Waals surface area contributed by atoms with E-state index in [0.717, 1.165) is 9.87 Å². The van der Waals surface area contributed by atoms with Gasteiger partial charge in [-0.2, -0.15) is 4.31 Å². The van der Waals surface area contributed by atoms with Gasteiger partial charge in [-0.05, 0) is 36.2 Å². The number of rotatable bonds is 8. The number of anilines is 1. The van der Waals surface area contributed by atoms with E-state index in [0.29, 0.717) is 18.7 Å². The molecule has 0 fully saturated rings. The fourth-order valence-corrected chi connectivity index (χ4v) is 3.55. The van der Waals surface area contributed by atoms with Crippen molar-refractivity contribution >= 4 is 27.5 Å². The number of carbonyl (C=O) groups excluding carboxylic acids is 2. The smallest absolute Gasteiger partial charge is 0.243 e. The van der Waals surface area contributed by atoms with Gasteiger partial charge in [0, 0.05) is 26.2 Å². The van der Waals surface area contributed by atoms with Crippen LogP contribution in [0.2, 0.25) is 0 Å². The third-order valence-electron chi connectivity index (χ3n) is 3.83. The van der Waals surface area contributed by atoms with E-state index in [-0.39, 0.29) is 23.3 Å². The van der Waals surface area contributed by atoms with Crippen LogP contribution in [0.5, 0.6) is 0 Å². The molecule has 0 aliphatic rings. The molecule has 0 atom stereocenters. The zero-order valence-corrected chi connectivity index (χ0v) is 16.1. The summed E-state index contributed by atoms with van der Waals surface area (Å²) in [6.07, 6.45) is 0.674. The second-order valence-electron chi connectivity index (χ2n) is 6.05. The number of hydrogen-bond acceptors (Lipinski definition) is 4. The topological polar surface area (TPSA) is 95.6 Å². The average molecular weight is 389 g/mol. The highest BCUT2D eigenvalue weighted by atomic mass is 32.2. The molecule has 0 aliphatic carbocycles. The molecule has 2 amide bonds. The Hall–Kier alpha value is -2.71. The van der Waals surface area contributed by atoms with Crippen LogP contribution in [-0.4, -0.2) is 44.7 Å². The normalized spacial score (nSPS) is 11.2. The van der Waals surface area contributed by atoms with Crippen LogP contribution in [0.1, 0.15) is 12.5 Å². The quantitative estimate of drug-likeness (QED) is 0.717. The van der Waals surface area contributed by atoms with E-state index in [4.69, 9.17) is 0 Å². The lowest BCUT2D eigenvalue weighted by Gasteiger charge is -2.17. The number of nitrogens with zero attached hydrogens (tertiary/aromatic N) is 1. The van der Waals surface area contributed by atoms with Crippen LogP contribution < -0.4 is 10.6 Å². The Morgan fingerprint density at radius 1 is 1.00 bits per heavy atom. The van der Waals surface area contributed by atoms with Gasteiger partial charge in [0.2, 0.25) is 21.8 Å². The van der Waals surface area contributed by atoms with Crippen molar-refractivity contribution in [3.63, 3.8) is 0 Å².